The molecule has 6 heteroatoms. The first-order chi connectivity index (χ1) is 13.1. The van der Waals surface area contributed by atoms with Gasteiger partial charge in [0.2, 0.25) is 5.91 Å². The quantitative estimate of drug-likeness (QED) is 0.748. The van der Waals surface area contributed by atoms with E-state index in [2.05, 4.69) is 5.32 Å². The molecule has 0 bridgehead atoms. The van der Waals surface area contributed by atoms with Crippen LogP contribution in [0.25, 0.3) is 0 Å². The molecule has 1 fully saturated rings. The molecule has 0 saturated carbocycles. The summed E-state index contributed by atoms with van der Waals surface area (Å²) in [6.45, 7) is 2.38. The first-order valence-electron chi connectivity index (χ1n) is 9.18. The van der Waals surface area contributed by atoms with Gasteiger partial charge in [0.05, 0.1) is 0 Å². The topological polar surface area (TPSA) is 32.3 Å². The summed E-state index contributed by atoms with van der Waals surface area (Å²) < 4.78 is 27.4. The zero-order chi connectivity index (χ0) is 19.2. The number of benzene rings is 2. The lowest BCUT2D eigenvalue weighted by Gasteiger charge is -2.34. The van der Waals surface area contributed by atoms with E-state index in [9.17, 15) is 13.6 Å². The van der Waals surface area contributed by atoms with Gasteiger partial charge in [0, 0.05) is 24.1 Å². The first kappa shape index (κ1) is 19.8. The maximum absolute atomic E-state index is 14.2. The first-order valence-corrected chi connectivity index (χ1v) is 10.1. The second-order valence-electron chi connectivity index (χ2n) is 6.81. The number of likely N-dealkylation sites (tertiary alicyclic amines) is 1. The second-order valence-corrected chi connectivity index (χ2v) is 7.96. The molecule has 27 heavy (non-hydrogen) atoms. The Morgan fingerprint density at radius 1 is 1.19 bits per heavy atom. The molecule has 3 nitrogen and oxygen atoms in total. The van der Waals surface area contributed by atoms with Crippen molar-refractivity contribution in [2.75, 3.05) is 26.7 Å². The van der Waals surface area contributed by atoms with Crippen LogP contribution in [-0.4, -0.2) is 37.5 Å². The Morgan fingerprint density at radius 3 is 2.52 bits per heavy atom. The summed E-state index contributed by atoms with van der Waals surface area (Å²) in [6.07, 6.45) is 1.92. The molecule has 1 amide bonds. The Kier molecular flexibility index (Phi) is 6.85. The van der Waals surface area contributed by atoms with Crippen LogP contribution in [0.5, 0.6) is 0 Å². The highest BCUT2D eigenvalue weighted by Gasteiger charge is 2.30. The number of rotatable bonds is 6. The highest BCUT2D eigenvalue weighted by atomic mass is 32.2. The minimum absolute atomic E-state index is 0.0159. The van der Waals surface area contributed by atoms with Crippen molar-refractivity contribution < 1.29 is 13.6 Å². The molecule has 0 radical (unpaired) electrons. The Morgan fingerprint density at radius 2 is 1.89 bits per heavy atom. The SMILES string of the molecule is CNCC1CCN(C(=O)C(Sc2ccc(F)cc2F)c2ccccc2)CC1. The van der Waals surface area contributed by atoms with Gasteiger partial charge in [0.25, 0.3) is 0 Å². The maximum Gasteiger partial charge on any atom is 0.240 e. The summed E-state index contributed by atoms with van der Waals surface area (Å²) in [5.74, 6) is -0.693. The van der Waals surface area contributed by atoms with E-state index < -0.39 is 16.9 Å². The van der Waals surface area contributed by atoms with Crippen molar-refractivity contribution in [1.82, 2.24) is 10.2 Å². The van der Waals surface area contributed by atoms with Crippen LogP contribution in [0.1, 0.15) is 23.7 Å². The molecule has 1 saturated heterocycles. The van der Waals surface area contributed by atoms with Crippen molar-refractivity contribution in [3.8, 4) is 0 Å². The monoisotopic (exact) mass is 390 g/mol. The minimum atomic E-state index is -0.638. The fourth-order valence-electron chi connectivity index (χ4n) is 3.40. The predicted molar refractivity (Wildman–Crippen MR) is 105 cm³/mol. The van der Waals surface area contributed by atoms with Crippen LogP contribution in [0.2, 0.25) is 0 Å². The standard InChI is InChI=1S/C21H24F2N2OS/c1-24-14-15-9-11-25(12-10-15)21(26)20(16-5-3-2-4-6-16)27-19-8-7-17(22)13-18(19)23/h2-8,13,15,20,24H,9-12,14H2,1H3. The van der Waals surface area contributed by atoms with Crippen molar-refractivity contribution in [2.24, 2.45) is 5.92 Å². The Hall–Kier alpha value is -1.92. The third-order valence-corrected chi connectivity index (χ3v) is 6.18. The lowest BCUT2D eigenvalue weighted by Crippen LogP contribution is -2.42. The van der Waals surface area contributed by atoms with E-state index in [1.54, 1.807) is 0 Å². The predicted octanol–water partition coefficient (Wildman–Crippen LogP) is 4.26. The number of nitrogens with one attached hydrogen (secondary N) is 1. The van der Waals surface area contributed by atoms with Gasteiger partial charge in [-0.05, 0) is 50.0 Å². The summed E-state index contributed by atoms with van der Waals surface area (Å²) in [6, 6.07) is 12.9. The molecular weight excluding hydrogens is 366 g/mol. The van der Waals surface area contributed by atoms with Gasteiger partial charge in [-0.1, -0.05) is 30.3 Å². The summed E-state index contributed by atoms with van der Waals surface area (Å²) in [5.41, 5.74) is 0.827. The lowest BCUT2D eigenvalue weighted by atomic mass is 9.96. The van der Waals surface area contributed by atoms with Crippen molar-refractivity contribution in [1.29, 1.82) is 0 Å². The largest absolute Gasteiger partial charge is 0.341 e. The number of nitrogens with zero attached hydrogens (tertiary/aromatic N) is 1. The van der Waals surface area contributed by atoms with E-state index in [1.165, 1.54) is 12.1 Å². The third-order valence-electron chi connectivity index (χ3n) is 4.88. The number of hydrogen-bond acceptors (Lipinski definition) is 3. The molecule has 1 unspecified atom stereocenters. The Bertz CT molecular complexity index is 764. The molecule has 3 rings (SSSR count). The second kappa shape index (κ2) is 9.33. The van der Waals surface area contributed by atoms with E-state index in [-0.39, 0.29) is 10.8 Å². The fourth-order valence-corrected chi connectivity index (χ4v) is 4.51. The highest BCUT2D eigenvalue weighted by molar-refractivity contribution is 8.00. The van der Waals surface area contributed by atoms with Crippen LogP contribution < -0.4 is 5.32 Å². The van der Waals surface area contributed by atoms with Crippen LogP contribution in [0.15, 0.2) is 53.4 Å². The summed E-state index contributed by atoms with van der Waals surface area (Å²) in [5, 5.41) is 2.64. The smallest absolute Gasteiger partial charge is 0.240 e. The molecule has 1 heterocycles. The third kappa shape index (κ3) is 5.08. The molecule has 0 aliphatic carbocycles. The molecule has 2 aromatic carbocycles. The number of thioether (sulfide) groups is 1. The van der Waals surface area contributed by atoms with E-state index in [0.717, 1.165) is 42.8 Å². The minimum Gasteiger partial charge on any atom is -0.341 e. The van der Waals surface area contributed by atoms with Crippen LogP contribution in [-0.2, 0) is 4.79 Å². The lowest BCUT2D eigenvalue weighted by molar-refractivity contribution is -0.132. The molecule has 2 aromatic rings. The molecule has 0 aromatic heterocycles. The fraction of sp³-hybridized carbons (Fsp3) is 0.381. The number of piperidine rings is 1. The maximum atomic E-state index is 14.2. The summed E-state index contributed by atoms with van der Waals surface area (Å²) in [4.78, 5) is 15.4. The summed E-state index contributed by atoms with van der Waals surface area (Å²) >= 11 is 1.14. The summed E-state index contributed by atoms with van der Waals surface area (Å²) in [7, 11) is 1.94. The number of carbonyl (C=O) groups excluding carboxylic acids is 1. The highest BCUT2D eigenvalue weighted by Crippen LogP contribution is 2.38. The zero-order valence-electron chi connectivity index (χ0n) is 15.3. The zero-order valence-corrected chi connectivity index (χ0v) is 16.1. The van der Waals surface area contributed by atoms with Crippen LogP contribution in [0.3, 0.4) is 0 Å². The van der Waals surface area contributed by atoms with Crippen LogP contribution in [0.4, 0.5) is 8.78 Å². The van der Waals surface area contributed by atoms with Gasteiger partial charge in [0.15, 0.2) is 0 Å². The Labute approximate surface area is 163 Å². The number of hydrogen-bond donors (Lipinski definition) is 1. The normalized spacial score (nSPS) is 16.3. The van der Waals surface area contributed by atoms with E-state index in [0.29, 0.717) is 19.0 Å². The van der Waals surface area contributed by atoms with Crippen molar-refractivity contribution >= 4 is 17.7 Å². The van der Waals surface area contributed by atoms with Crippen molar-refractivity contribution in [3.63, 3.8) is 0 Å². The average Bonchev–Trinajstić information content (AvgIpc) is 2.68. The van der Waals surface area contributed by atoms with E-state index >= 15 is 0 Å². The van der Waals surface area contributed by atoms with E-state index in [1.807, 2.05) is 42.3 Å². The molecule has 1 N–H and O–H groups in total. The van der Waals surface area contributed by atoms with Gasteiger partial charge in [-0.2, -0.15) is 0 Å². The average molecular weight is 390 g/mol. The van der Waals surface area contributed by atoms with Crippen molar-refractivity contribution in [3.05, 3.63) is 65.7 Å². The molecular formula is C21H24F2N2OS. The molecule has 1 atom stereocenters. The van der Waals surface area contributed by atoms with Gasteiger partial charge >= 0.3 is 0 Å². The van der Waals surface area contributed by atoms with E-state index in [4.69, 9.17) is 0 Å². The molecule has 1 aliphatic rings. The molecule has 0 spiro atoms. The van der Waals surface area contributed by atoms with Gasteiger partial charge in [-0.25, -0.2) is 8.78 Å². The Balaban J connectivity index is 1.79. The number of carbonyl (C=O) groups is 1. The van der Waals surface area contributed by atoms with Crippen molar-refractivity contribution in [2.45, 2.75) is 23.0 Å². The van der Waals surface area contributed by atoms with Gasteiger partial charge < -0.3 is 10.2 Å². The van der Waals surface area contributed by atoms with Crippen LogP contribution in [0, 0.1) is 17.6 Å². The number of amides is 1. The van der Waals surface area contributed by atoms with Gasteiger partial charge in [0.1, 0.15) is 16.9 Å². The van der Waals surface area contributed by atoms with Gasteiger partial charge in [-0.15, -0.1) is 11.8 Å². The molecule has 144 valence electrons. The molecule has 1 aliphatic heterocycles. The van der Waals surface area contributed by atoms with Crippen LogP contribution >= 0.6 is 11.8 Å². The number of halogens is 2. The van der Waals surface area contributed by atoms with Gasteiger partial charge in [-0.3, -0.25) is 4.79 Å².